The highest BCUT2D eigenvalue weighted by atomic mass is 35.5. The average molecular weight is 588 g/mol. The fourth-order valence-corrected chi connectivity index (χ4v) is 5.47. The van der Waals surface area contributed by atoms with Crippen LogP contribution in [0.3, 0.4) is 0 Å². The van der Waals surface area contributed by atoms with Gasteiger partial charge >= 0.3 is 11.9 Å². The second kappa shape index (κ2) is 14.1. The molecule has 2 aromatic carbocycles. The van der Waals surface area contributed by atoms with Crippen LogP contribution < -0.4 is 20.1 Å². The van der Waals surface area contributed by atoms with Crippen LogP contribution in [0.1, 0.15) is 55.9 Å². The van der Waals surface area contributed by atoms with Crippen LogP contribution >= 0.6 is 11.6 Å². The molecule has 0 saturated carbocycles. The molecule has 11 nitrogen and oxygen atoms in total. The predicted octanol–water partition coefficient (Wildman–Crippen LogP) is 0.128. The first-order valence-electron chi connectivity index (χ1n) is 12.8. The highest BCUT2D eigenvalue weighted by molar-refractivity contribution is 6.31. The van der Waals surface area contributed by atoms with E-state index >= 15 is 0 Å². The number of halogens is 1. The molecule has 1 saturated heterocycles. The van der Waals surface area contributed by atoms with Crippen molar-refractivity contribution in [1.29, 1.82) is 0 Å². The molecule has 220 valence electrons. The molecule has 0 unspecified atom stereocenters. The van der Waals surface area contributed by atoms with Gasteiger partial charge in [-0.2, -0.15) is 0 Å². The van der Waals surface area contributed by atoms with Crippen molar-refractivity contribution in [3.63, 3.8) is 0 Å². The van der Waals surface area contributed by atoms with Crippen molar-refractivity contribution in [3.8, 4) is 5.75 Å². The van der Waals surface area contributed by atoms with E-state index in [1.807, 2.05) is 0 Å². The second-order valence-electron chi connectivity index (χ2n) is 9.88. The Morgan fingerprint density at radius 2 is 1.39 bits per heavy atom. The standard InChI is InChI=1S/C29H31ClO11/c1-15(31)39-14-25-22(12-27(35)36)21(11-26(33)34)23(13-28(37)38)29(41-25)18-5-8-24(30)19(10-18)9-17-3-6-20(7-4-17)40-16(2)32/h3-8,10,21-23,25,29H,9,11-14H2,1-2H3,(H,33,34)(H,35,36)(H,37,38)/p-3/t21-,22+,23-,25-,29+/m0/s1. The molecule has 0 amide bonds. The largest absolute Gasteiger partial charge is 0.550 e. The molecule has 2 aromatic rings. The molecule has 0 radical (unpaired) electrons. The van der Waals surface area contributed by atoms with Gasteiger partial charge in [-0.05, 0) is 78.3 Å². The summed E-state index contributed by atoms with van der Waals surface area (Å²) in [5.74, 6) is -8.41. The van der Waals surface area contributed by atoms with Gasteiger partial charge in [0.25, 0.3) is 0 Å². The highest BCUT2D eigenvalue weighted by Gasteiger charge is 2.46. The van der Waals surface area contributed by atoms with E-state index in [9.17, 15) is 39.3 Å². The molecule has 41 heavy (non-hydrogen) atoms. The number of benzene rings is 2. The molecule has 12 heteroatoms. The van der Waals surface area contributed by atoms with Crippen LogP contribution in [0.25, 0.3) is 0 Å². The third-order valence-electron chi connectivity index (χ3n) is 6.92. The number of ether oxygens (including phenoxy) is 3. The number of aliphatic carboxylic acids is 3. The lowest BCUT2D eigenvalue weighted by atomic mass is 9.68. The van der Waals surface area contributed by atoms with Crippen LogP contribution in [-0.2, 0) is 39.9 Å². The summed E-state index contributed by atoms with van der Waals surface area (Å²) >= 11 is 6.47. The van der Waals surface area contributed by atoms with Crippen LogP contribution in [0.2, 0.25) is 5.02 Å². The van der Waals surface area contributed by atoms with Crippen LogP contribution in [0.5, 0.6) is 5.75 Å². The number of hydrogen-bond donors (Lipinski definition) is 0. The highest BCUT2D eigenvalue weighted by Crippen LogP contribution is 2.48. The van der Waals surface area contributed by atoms with Gasteiger partial charge < -0.3 is 43.9 Å². The molecule has 0 bridgehead atoms. The lowest BCUT2D eigenvalue weighted by Gasteiger charge is -2.48. The summed E-state index contributed by atoms with van der Waals surface area (Å²) in [6.07, 6.45) is -3.76. The minimum absolute atomic E-state index is 0.331. The van der Waals surface area contributed by atoms with Crippen LogP contribution in [0, 0.1) is 17.8 Å². The zero-order valence-corrected chi connectivity index (χ0v) is 23.1. The van der Waals surface area contributed by atoms with Gasteiger partial charge in [0.05, 0.1) is 12.2 Å². The maximum Gasteiger partial charge on any atom is 0.308 e. The number of carbonyl (C=O) groups excluding carboxylic acids is 5. The van der Waals surface area contributed by atoms with E-state index in [4.69, 9.17) is 25.8 Å². The van der Waals surface area contributed by atoms with Gasteiger partial charge in [0, 0.05) is 36.8 Å². The van der Waals surface area contributed by atoms with Crippen molar-refractivity contribution in [1.82, 2.24) is 0 Å². The van der Waals surface area contributed by atoms with E-state index in [2.05, 4.69) is 0 Å². The second-order valence-corrected chi connectivity index (χ2v) is 10.3. The Bertz CT molecular complexity index is 1290. The van der Waals surface area contributed by atoms with Gasteiger partial charge in [-0.25, -0.2) is 0 Å². The third kappa shape index (κ3) is 9.02. The van der Waals surface area contributed by atoms with Crippen LogP contribution in [0.4, 0.5) is 0 Å². The number of hydrogen-bond acceptors (Lipinski definition) is 11. The van der Waals surface area contributed by atoms with Gasteiger partial charge in [0.15, 0.2) is 0 Å². The Hall–Kier alpha value is -3.96. The minimum atomic E-state index is -1.51. The molecule has 1 aliphatic rings. The first kappa shape index (κ1) is 31.6. The van der Waals surface area contributed by atoms with E-state index in [0.717, 1.165) is 12.5 Å². The first-order valence-corrected chi connectivity index (χ1v) is 13.2. The Morgan fingerprint density at radius 1 is 0.805 bits per heavy atom. The van der Waals surface area contributed by atoms with E-state index < -0.39 is 79.1 Å². The van der Waals surface area contributed by atoms with Gasteiger partial charge in [0.1, 0.15) is 12.4 Å². The van der Waals surface area contributed by atoms with Crippen LogP contribution in [0.15, 0.2) is 42.5 Å². The predicted molar refractivity (Wildman–Crippen MR) is 136 cm³/mol. The summed E-state index contributed by atoms with van der Waals surface area (Å²) in [6, 6.07) is 11.6. The molecule has 1 fully saturated rings. The zero-order chi connectivity index (χ0) is 30.3. The lowest BCUT2D eigenvalue weighted by molar-refractivity contribution is -0.318. The summed E-state index contributed by atoms with van der Waals surface area (Å²) in [7, 11) is 0. The average Bonchev–Trinajstić information content (AvgIpc) is 2.86. The zero-order valence-electron chi connectivity index (χ0n) is 22.3. The molecule has 0 aromatic heterocycles. The Kier molecular flexibility index (Phi) is 10.8. The maximum absolute atomic E-state index is 11.8. The summed E-state index contributed by atoms with van der Waals surface area (Å²) in [5.41, 5.74) is 1.90. The maximum atomic E-state index is 11.8. The van der Waals surface area contributed by atoms with Gasteiger partial charge in [-0.15, -0.1) is 0 Å². The molecule has 3 rings (SSSR count). The monoisotopic (exact) mass is 587 g/mol. The number of carboxylic acid groups (broad SMARTS) is 3. The van der Waals surface area contributed by atoms with Gasteiger partial charge in [-0.1, -0.05) is 35.9 Å². The summed E-state index contributed by atoms with van der Waals surface area (Å²) in [5, 5.41) is 35.5. The van der Waals surface area contributed by atoms with Crippen molar-refractivity contribution in [3.05, 3.63) is 64.2 Å². The van der Waals surface area contributed by atoms with Crippen molar-refractivity contribution in [2.24, 2.45) is 17.8 Å². The number of esters is 2. The van der Waals surface area contributed by atoms with Gasteiger partial charge in [0.2, 0.25) is 0 Å². The Balaban J connectivity index is 2.02. The Labute approximate surface area is 241 Å². The lowest BCUT2D eigenvalue weighted by Crippen LogP contribution is -2.50. The van der Waals surface area contributed by atoms with E-state index in [1.54, 1.807) is 42.5 Å². The molecule has 0 spiro atoms. The molecule has 1 heterocycles. The molecule has 0 aliphatic carbocycles. The number of carboxylic acids is 3. The minimum Gasteiger partial charge on any atom is -0.550 e. The summed E-state index contributed by atoms with van der Waals surface area (Å²) < 4.78 is 16.3. The smallest absolute Gasteiger partial charge is 0.308 e. The quantitative estimate of drug-likeness (QED) is 0.243. The van der Waals surface area contributed by atoms with E-state index in [0.29, 0.717) is 28.3 Å². The van der Waals surface area contributed by atoms with Gasteiger partial charge in [-0.3, -0.25) is 9.59 Å². The molecule has 0 N–H and O–H groups in total. The SMILES string of the molecule is CC(=O)OC[C@@H]1O[C@H](c2ccc(Cl)c(Cc3ccc(OC(C)=O)cc3)c2)[C@@H](CC(=O)[O-])[C@@H](CC(=O)[O-])[C@H]1CC(=O)[O-]. The van der Waals surface area contributed by atoms with E-state index in [-0.39, 0.29) is 6.61 Å². The van der Waals surface area contributed by atoms with E-state index in [1.165, 1.54) is 6.92 Å². The Morgan fingerprint density at radius 3 is 1.95 bits per heavy atom. The molecule has 1 aliphatic heterocycles. The van der Waals surface area contributed by atoms with Crippen molar-refractivity contribution < 1.29 is 53.5 Å². The van der Waals surface area contributed by atoms with Crippen molar-refractivity contribution in [2.75, 3.05) is 6.61 Å². The summed E-state index contributed by atoms with van der Waals surface area (Å²) in [6.45, 7) is 2.05. The topological polar surface area (TPSA) is 182 Å². The number of carbonyl (C=O) groups is 5. The summed E-state index contributed by atoms with van der Waals surface area (Å²) in [4.78, 5) is 57.8. The van der Waals surface area contributed by atoms with Crippen molar-refractivity contribution in [2.45, 2.75) is 51.7 Å². The molecule has 5 atom stereocenters. The normalized spacial score (nSPS) is 22.0. The number of rotatable bonds is 12. The fraction of sp³-hybridized carbons (Fsp3) is 0.414. The third-order valence-corrected chi connectivity index (χ3v) is 7.29. The van der Waals surface area contributed by atoms with Crippen LogP contribution in [-0.4, -0.2) is 42.6 Å². The first-order chi connectivity index (χ1) is 19.3. The molecular formula is C29H28ClO11-3. The van der Waals surface area contributed by atoms with Crippen molar-refractivity contribution >= 4 is 41.4 Å². The fourth-order valence-electron chi connectivity index (χ4n) is 5.29. The molecular weight excluding hydrogens is 560 g/mol.